The lowest BCUT2D eigenvalue weighted by molar-refractivity contribution is 0.0696. The molecule has 3 nitrogen and oxygen atoms in total. The van der Waals surface area contributed by atoms with E-state index in [1.165, 1.54) is 0 Å². The van der Waals surface area contributed by atoms with Crippen LogP contribution in [0.5, 0.6) is 5.75 Å². The fraction of sp³-hybridized carbons (Fsp3) is 0.480. The first-order chi connectivity index (χ1) is 12.9. The van der Waals surface area contributed by atoms with Crippen molar-refractivity contribution in [2.45, 2.75) is 78.6 Å². The Morgan fingerprint density at radius 3 is 1.89 bits per heavy atom. The van der Waals surface area contributed by atoms with Crippen LogP contribution in [0.4, 0.5) is 0 Å². The summed E-state index contributed by atoms with van der Waals surface area (Å²) in [5, 5.41) is 21.8. The van der Waals surface area contributed by atoms with E-state index in [0.29, 0.717) is 23.1 Å². The Morgan fingerprint density at radius 2 is 1.46 bits per heavy atom. The summed E-state index contributed by atoms with van der Waals surface area (Å²) in [4.78, 5) is 12.6. The predicted octanol–water partition coefficient (Wildman–Crippen LogP) is 6.70. The van der Waals surface area contributed by atoms with Gasteiger partial charge in [-0.1, -0.05) is 85.2 Å². The van der Waals surface area contributed by atoms with E-state index >= 15 is 0 Å². The van der Waals surface area contributed by atoms with Crippen molar-refractivity contribution in [3.8, 4) is 16.9 Å². The molecule has 28 heavy (non-hydrogen) atoms. The molecule has 0 saturated carbocycles. The number of hydrogen-bond donors (Lipinski definition) is 2. The number of unbranched alkanes of at least 4 members (excludes halogenated alkanes) is 1. The van der Waals surface area contributed by atoms with E-state index in [1.54, 1.807) is 0 Å². The molecule has 3 heteroatoms. The zero-order valence-corrected chi connectivity index (χ0v) is 18.3. The van der Waals surface area contributed by atoms with Gasteiger partial charge in [0.1, 0.15) is 5.75 Å². The topological polar surface area (TPSA) is 57.5 Å². The molecule has 0 saturated heterocycles. The summed E-state index contributed by atoms with van der Waals surface area (Å²) in [5.74, 6) is -0.684. The molecule has 2 aromatic rings. The van der Waals surface area contributed by atoms with Crippen molar-refractivity contribution in [1.82, 2.24) is 0 Å². The lowest BCUT2D eigenvalue weighted by Gasteiger charge is -2.33. The molecule has 0 aliphatic carbocycles. The second kappa shape index (κ2) is 7.98. The predicted molar refractivity (Wildman–Crippen MR) is 117 cm³/mol. The van der Waals surface area contributed by atoms with Gasteiger partial charge in [-0.05, 0) is 34.8 Å². The van der Waals surface area contributed by atoms with Crippen LogP contribution in [0.3, 0.4) is 0 Å². The minimum atomic E-state index is -0.930. The number of rotatable bonds is 5. The molecular formula is C25H34O3. The molecule has 0 spiro atoms. The van der Waals surface area contributed by atoms with Crippen LogP contribution in [0.15, 0.2) is 30.3 Å². The molecule has 2 aromatic carbocycles. The highest BCUT2D eigenvalue weighted by Gasteiger charge is 2.36. The second-order valence-corrected chi connectivity index (χ2v) is 9.60. The van der Waals surface area contributed by atoms with Gasteiger partial charge >= 0.3 is 5.97 Å². The minimum Gasteiger partial charge on any atom is -0.507 e. The van der Waals surface area contributed by atoms with Crippen molar-refractivity contribution in [1.29, 1.82) is 0 Å². The standard InChI is InChI=1S/C25H34O3/c1-8-9-15-17-19(23(27)28)18(16-13-11-10-12-14-16)21(25(5,6)7)22(26)20(17)24(2,3)4/h10-14,26H,8-9,15H2,1-7H3,(H,27,28). The Morgan fingerprint density at radius 1 is 0.929 bits per heavy atom. The number of benzene rings is 2. The zero-order chi connectivity index (χ0) is 21.3. The first-order valence-corrected chi connectivity index (χ1v) is 10.1. The molecule has 0 fully saturated rings. The molecule has 0 radical (unpaired) electrons. The maximum absolute atomic E-state index is 12.6. The highest BCUT2D eigenvalue weighted by atomic mass is 16.4. The summed E-state index contributed by atoms with van der Waals surface area (Å²) in [6.07, 6.45) is 2.49. The Labute approximate surface area is 169 Å². The quantitative estimate of drug-likeness (QED) is 0.605. The maximum Gasteiger partial charge on any atom is 0.336 e. The normalized spacial score (nSPS) is 12.2. The lowest BCUT2D eigenvalue weighted by atomic mass is 9.71. The Hall–Kier alpha value is -2.29. The summed E-state index contributed by atoms with van der Waals surface area (Å²) < 4.78 is 0. The van der Waals surface area contributed by atoms with Crippen LogP contribution in [0.25, 0.3) is 11.1 Å². The molecule has 0 atom stereocenters. The Balaban J connectivity index is 3.13. The SMILES string of the molecule is CCCCc1c(C(=O)O)c(-c2ccccc2)c(C(C)(C)C)c(O)c1C(C)(C)C. The first-order valence-electron chi connectivity index (χ1n) is 10.1. The van der Waals surface area contributed by atoms with Gasteiger partial charge in [0, 0.05) is 16.7 Å². The minimum absolute atomic E-state index is 0.245. The van der Waals surface area contributed by atoms with E-state index in [0.717, 1.165) is 29.5 Å². The van der Waals surface area contributed by atoms with Crippen molar-refractivity contribution in [3.63, 3.8) is 0 Å². The Bertz CT molecular complexity index is 850. The van der Waals surface area contributed by atoms with Crippen LogP contribution in [-0.4, -0.2) is 16.2 Å². The fourth-order valence-corrected chi connectivity index (χ4v) is 4.06. The zero-order valence-electron chi connectivity index (χ0n) is 18.3. The van der Waals surface area contributed by atoms with Crippen molar-refractivity contribution >= 4 is 5.97 Å². The number of aromatic carboxylic acids is 1. The number of carboxylic acids is 1. The smallest absolute Gasteiger partial charge is 0.336 e. The van der Waals surface area contributed by atoms with Crippen LogP contribution in [0.2, 0.25) is 0 Å². The van der Waals surface area contributed by atoms with E-state index in [1.807, 2.05) is 71.9 Å². The summed E-state index contributed by atoms with van der Waals surface area (Å²) >= 11 is 0. The van der Waals surface area contributed by atoms with E-state index in [-0.39, 0.29) is 11.2 Å². The van der Waals surface area contributed by atoms with Crippen molar-refractivity contribution in [2.75, 3.05) is 0 Å². The van der Waals surface area contributed by atoms with Crippen LogP contribution in [0, 0.1) is 0 Å². The molecule has 0 bridgehead atoms. The number of carbonyl (C=O) groups is 1. The number of aromatic hydroxyl groups is 1. The number of phenols is 1. The van der Waals surface area contributed by atoms with Crippen LogP contribution in [0.1, 0.15) is 88.4 Å². The highest BCUT2D eigenvalue weighted by Crippen LogP contribution is 2.49. The van der Waals surface area contributed by atoms with Crippen molar-refractivity contribution < 1.29 is 15.0 Å². The van der Waals surface area contributed by atoms with Gasteiger partial charge in [0.15, 0.2) is 0 Å². The van der Waals surface area contributed by atoms with E-state index in [2.05, 4.69) is 6.92 Å². The second-order valence-electron chi connectivity index (χ2n) is 9.60. The Kier molecular flexibility index (Phi) is 6.27. The third-order valence-electron chi connectivity index (χ3n) is 5.13. The molecule has 0 aliphatic heterocycles. The van der Waals surface area contributed by atoms with Gasteiger partial charge in [0.2, 0.25) is 0 Å². The average molecular weight is 383 g/mol. The third-order valence-corrected chi connectivity index (χ3v) is 5.13. The van der Waals surface area contributed by atoms with Crippen LogP contribution >= 0.6 is 0 Å². The molecule has 2 rings (SSSR count). The van der Waals surface area contributed by atoms with Gasteiger partial charge in [0.25, 0.3) is 0 Å². The largest absolute Gasteiger partial charge is 0.507 e. The molecule has 0 amide bonds. The van der Waals surface area contributed by atoms with Crippen LogP contribution < -0.4 is 0 Å². The summed E-state index contributed by atoms with van der Waals surface area (Å²) in [5.41, 5.74) is 3.29. The molecule has 152 valence electrons. The molecule has 0 aromatic heterocycles. The summed E-state index contributed by atoms with van der Waals surface area (Å²) in [6.45, 7) is 14.3. The van der Waals surface area contributed by atoms with Gasteiger partial charge in [0.05, 0.1) is 5.56 Å². The van der Waals surface area contributed by atoms with Crippen LogP contribution in [-0.2, 0) is 17.3 Å². The molecule has 0 aliphatic rings. The van der Waals surface area contributed by atoms with Crippen molar-refractivity contribution in [3.05, 3.63) is 52.6 Å². The van der Waals surface area contributed by atoms with Gasteiger partial charge in [-0.3, -0.25) is 0 Å². The highest BCUT2D eigenvalue weighted by molar-refractivity contribution is 6.00. The summed E-state index contributed by atoms with van der Waals surface area (Å²) in [7, 11) is 0. The number of carboxylic acid groups (broad SMARTS) is 1. The first kappa shape index (κ1) is 22.0. The molecular weight excluding hydrogens is 348 g/mol. The monoisotopic (exact) mass is 382 g/mol. The van der Waals surface area contributed by atoms with Gasteiger partial charge in [-0.15, -0.1) is 0 Å². The molecule has 0 unspecified atom stereocenters. The van der Waals surface area contributed by atoms with Crippen molar-refractivity contribution in [2.24, 2.45) is 0 Å². The summed E-state index contributed by atoms with van der Waals surface area (Å²) in [6, 6.07) is 9.59. The van der Waals surface area contributed by atoms with Gasteiger partial charge in [-0.25, -0.2) is 4.79 Å². The average Bonchev–Trinajstić information content (AvgIpc) is 2.57. The maximum atomic E-state index is 12.6. The van der Waals surface area contributed by atoms with E-state index < -0.39 is 11.4 Å². The molecule has 2 N–H and O–H groups in total. The van der Waals surface area contributed by atoms with E-state index in [9.17, 15) is 15.0 Å². The molecule has 0 heterocycles. The van der Waals surface area contributed by atoms with Gasteiger partial charge < -0.3 is 10.2 Å². The number of phenolic OH excluding ortho intramolecular Hbond substituents is 1. The lowest BCUT2D eigenvalue weighted by Crippen LogP contribution is -2.24. The van der Waals surface area contributed by atoms with Gasteiger partial charge in [-0.2, -0.15) is 0 Å². The third kappa shape index (κ3) is 4.24. The number of hydrogen-bond acceptors (Lipinski definition) is 2. The fourth-order valence-electron chi connectivity index (χ4n) is 4.06. The van der Waals surface area contributed by atoms with E-state index in [4.69, 9.17) is 0 Å².